The van der Waals surface area contributed by atoms with E-state index in [2.05, 4.69) is 36.9 Å². The highest BCUT2D eigenvalue weighted by Gasteiger charge is 2.13. The van der Waals surface area contributed by atoms with Crippen LogP contribution in [0.1, 0.15) is 4.88 Å². The normalized spacial score (nSPS) is 14.5. The Morgan fingerprint density at radius 3 is 2.86 bits per heavy atom. The van der Waals surface area contributed by atoms with Gasteiger partial charge in [-0.1, -0.05) is 30.3 Å². The molecule has 3 aromatic rings. The summed E-state index contributed by atoms with van der Waals surface area (Å²) in [6, 6.07) is 13.5. The number of hydrazone groups is 1. The summed E-state index contributed by atoms with van der Waals surface area (Å²) in [5.41, 5.74) is 3.34. The van der Waals surface area contributed by atoms with Gasteiger partial charge < -0.3 is 9.64 Å². The molecule has 2 aromatic heterocycles. The van der Waals surface area contributed by atoms with Crippen molar-refractivity contribution in [2.24, 2.45) is 5.10 Å². The highest BCUT2D eigenvalue weighted by molar-refractivity contribution is 7.17. The predicted molar refractivity (Wildman–Crippen MR) is 106 cm³/mol. The summed E-state index contributed by atoms with van der Waals surface area (Å²) in [7, 11) is 0. The summed E-state index contributed by atoms with van der Waals surface area (Å²) < 4.78 is 5.37. The Hall–Kier alpha value is -3.11. The summed E-state index contributed by atoms with van der Waals surface area (Å²) in [4.78, 5) is 16.5. The molecule has 9 nitrogen and oxygen atoms in total. The van der Waals surface area contributed by atoms with Crippen molar-refractivity contribution >= 4 is 28.5 Å². The van der Waals surface area contributed by atoms with E-state index in [1.807, 2.05) is 36.4 Å². The zero-order chi connectivity index (χ0) is 19.2. The number of hydrogen-bond acceptors (Lipinski definition) is 8. The van der Waals surface area contributed by atoms with Crippen molar-refractivity contribution in [1.29, 1.82) is 0 Å². The number of ether oxygens (including phenoxy) is 1. The van der Waals surface area contributed by atoms with Gasteiger partial charge in [-0.05, 0) is 17.3 Å². The molecular formula is C18H19N7O2S. The van der Waals surface area contributed by atoms with E-state index < -0.39 is 0 Å². The SMILES string of the molecule is O=C(Cn1nnc(-c2ccccc2)n1)N/N=C/c1ccc(N2CCOCC2)s1. The van der Waals surface area contributed by atoms with Crippen LogP contribution >= 0.6 is 11.3 Å². The van der Waals surface area contributed by atoms with Crippen LogP contribution in [0.3, 0.4) is 0 Å². The van der Waals surface area contributed by atoms with Gasteiger partial charge in [-0.3, -0.25) is 4.79 Å². The third kappa shape index (κ3) is 4.59. The maximum absolute atomic E-state index is 12.0. The molecule has 1 amide bonds. The second-order valence-corrected chi connectivity index (χ2v) is 7.17. The Balaban J connectivity index is 1.29. The second kappa shape index (κ2) is 8.72. The lowest BCUT2D eigenvalue weighted by atomic mass is 10.2. The number of nitrogens with one attached hydrogen (secondary N) is 1. The standard InChI is InChI=1S/C18H19N7O2S/c26-16(13-25-22-18(21-23-25)14-4-2-1-3-5-14)20-19-12-15-6-7-17(28-15)24-8-10-27-11-9-24/h1-7,12H,8-11,13H2,(H,20,26)/b19-12+. The first-order valence-electron chi connectivity index (χ1n) is 8.85. The average molecular weight is 397 g/mol. The number of amides is 1. The number of aromatic nitrogens is 4. The van der Waals surface area contributed by atoms with E-state index in [9.17, 15) is 4.79 Å². The lowest BCUT2D eigenvalue weighted by Gasteiger charge is -2.27. The van der Waals surface area contributed by atoms with Crippen LogP contribution in [0, 0.1) is 0 Å². The van der Waals surface area contributed by atoms with Crippen molar-refractivity contribution < 1.29 is 9.53 Å². The van der Waals surface area contributed by atoms with Gasteiger partial charge in [-0.25, -0.2) is 5.43 Å². The largest absolute Gasteiger partial charge is 0.378 e. The zero-order valence-corrected chi connectivity index (χ0v) is 15.9. The van der Waals surface area contributed by atoms with Gasteiger partial charge in [0, 0.05) is 23.5 Å². The molecule has 0 spiro atoms. The van der Waals surface area contributed by atoms with Gasteiger partial charge in [0.2, 0.25) is 5.82 Å². The van der Waals surface area contributed by atoms with Crippen LogP contribution in [-0.4, -0.2) is 58.6 Å². The molecule has 1 aliphatic heterocycles. The van der Waals surface area contributed by atoms with Gasteiger partial charge in [0.05, 0.1) is 24.4 Å². The summed E-state index contributed by atoms with van der Waals surface area (Å²) in [6.07, 6.45) is 1.64. The average Bonchev–Trinajstić information content (AvgIpc) is 3.39. The number of tetrazole rings is 1. The van der Waals surface area contributed by atoms with Crippen molar-refractivity contribution in [2.75, 3.05) is 31.2 Å². The molecular weight excluding hydrogens is 378 g/mol. The second-order valence-electron chi connectivity index (χ2n) is 6.08. The topological polar surface area (TPSA) is 97.5 Å². The monoisotopic (exact) mass is 397 g/mol. The van der Waals surface area contributed by atoms with Gasteiger partial charge in [-0.2, -0.15) is 9.90 Å². The van der Waals surface area contributed by atoms with Crippen LogP contribution in [0.5, 0.6) is 0 Å². The Morgan fingerprint density at radius 1 is 1.21 bits per heavy atom. The molecule has 1 saturated heterocycles. The van der Waals surface area contributed by atoms with E-state index in [1.165, 1.54) is 9.80 Å². The van der Waals surface area contributed by atoms with Gasteiger partial charge in [0.25, 0.3) is 5.91 Å². The molecule has 0 saturated carbocycles. The van der Waals surface area contributed by atoms with Crippen molar-refractivity contribution in [1.82, 2.24) is 25.6 Å². The number of thiophene rings is 1. The van der Waals surface area contributed by atoms with E-state index >= 15 is 0 Å². The van der Waals surface area contributed by atoms with E-state index in [-0.39, 0.29) is 12.5 Å². The minimum atomic E-state index is -0.321. The highest BCUT2D eigenvalue weighted by atomic mass is 32.1. The number of rotatable bonds is 6. The number of hydrogen-bond donors (Lipinski definition) is 1. The lowest BCUT2D eigenvalue weighted by molar-refractivity contribution is -0.122. The number of carbonyl (C=O) groups is 1. The molecule has 0 aliphatic carbocycles. The van der Waals surface area contributed by atoms with Gasteiger partial charge >= 0.3 is 0 Å². The number of benzene rings is 1. The first-order chi connectivity index (χ1) is 13.8. The van der Waals surface area contributed by atoms with Crippen LogP contribution < -0.4 is 10.3 Å². The highest BCUT2D eigenvalue weighted by Crippen LogP contribution is 2.25. The van der Waals surface area contributed by atoms with Crippen LogP contribution in [0.15, 0.2) is 47.6 Å². The Bertz CT molecular complexity index is 948. The smallest absolute Gasteiger partial charge is 0.263 e. The van der Waals surface area contributed by atoms with E-state index in [1.54, 1.807) is 17.6 Å². The fraction of sp³-hybridized carbons (Fsp3) is 0.278. The van der Waals surface area contributed by atoms with Gasteiger partial charge in [-0.15, -0.1) is 21.5 Å². The number of anilines is 1. The lowest BCUT2D eigenvalue weighted by Crippen LogP contribution is -2.35. The number of carbonyl (C=O) groups excluding carboxylic acids is 1. The molecule has 144 valence electrons. The van der Waals surface area contributed by atoms with Crippen LogP contribution in [-0.2, 0) is 16.1 Å². The Morgan fingerprint density at radius 2 is 2.04 bits per heavy atom. The van der Waals surface area contributed by atoms with Gasteiger partial charge in [0.15, 0.2) is 0 Å². The molecule has 3 heterocycles. The third-order valence-electron chi connectivity index (χ3n) is 4.09. The molecule has 1 aromatic carbocycles. The van der Waals surface area contributed by atoms with Crippen molar-refractivity contribution in [3.8, 4) is 11.4 Å². The minimum absolute atomic E-state index is 0.0549. The molecule has 4 rings (SSSR count). The van der Waals surface area contributed by atoms with Crippen molar-refractivity contribution in [3.05, 3.63) is 47.3 Å². The molecule has 10 heteroatoms. The first-order valence-corrected chi connectivity index (χ1v) is 9.67. The zero-order valence-electron chi connectivity index (χ0n) is 15.1. The molecule has 0 unspecified atom stereocenters. The van der Waals surface area contributed by atoms with Crippen LogP contribution in [0.25, 0.3) is 11.4 Å². The van der Waals surface area contributed by atoms with Crippen molar-refractivity contribution in [3.63, 3.8) is 0 Å². The quantitative estimate of drug-likeness (QED) is 0.499. The molecule has 0 bridgehead atoms. The Kier molecular flexibility index (Phi) is 5.69. The summed E-state index contributed by atoms with van der Waals surface area (Å²) in [6.45, 7) is 3.23. The molecule has 1 aliphatic rings. The van der Waals surface area contributed by atoms with Crippen LogP contribution in [0.4, 0.5) is 5.00 Å². The first kappa shape index (κ1) is 18.3. The van der Waals surface area contributed by atoms with Crippen LogP contribution in [0.2, 0.25) is 0 Å². The molecule has 28 heavy (non-hydrogen) atoms. The Labute approximate surface area is 165 Å². The fourth-order valence-electron chi connectivity index (χ4n) is 2.71. The van der Waals surface area contributed by atoms with E-state index in [0.29, 0.717) is 5.82 Å². The molecule has 0 atom stereocenters. The predicted octanol–water partition coefficient (Wildman–Crippen LogP) is 1.39. The molecule has 1 fully saturated rings. The summed E-state index contributed by atoms with van der Waals surface area (Å²) >= 11 is 1.63. The minimum Gasteiger partial charge on any atom is -0.378 e. The van der Waals surface area contributed by atoms with E-state index in [4.69, 9.17) is 4.74 Å². The van der Waals surface area contributed by atoms with E-state index in [0.717, 1.165) is 36.7 Å². The summed E-state index contributed by atoms with van der Waals surface area (Å²) in [5, 5.41) is 17.3. The fourth-order valence-corrected chi connectivity index (χ4v) is 3.64. The number of morpholine rings is 1. The summed E-state index contributed by atoms with van der Waals surface area (Å²) in [5.74, 6) is 0.157. The van der Waals surface area contributed by atoms with Crippen molar-refractivity contribution in [2.45, 2.75) is 6.54 Å². The molecule has 0 radical (unpaired) electrons. The molecule has 1 N–H and O–H groups in total. The third-order valence-corrected chi connectivity index (χ3v) is 5.17. The van der Waals surface area contributed by atoms with Gasteiger partial charge in [0.1, 0.15) is 6.54 Å². The number of nitrogens with zero attached hydrogens (tertiary/aromatic N) is 6. The maximum Gasteiger partial charge on any atom is 0.263 e. The maximum atomic E-state index is 12.0.